The van der Waals surface area contributed by atoms with Crippen molar-refractivity contribution < 1.29 is 0 Å². The highest BCUT2D eigenvalue weighted by atomic mass is 32.1. The fourth-order valence-electron chi connectivity index (χ4n) is 1.49. The average Bonchev–Trinajstić information content (AvgIpc) is 2.09. The first-order valence-corrected chi connectivity index (χ1v) is 5.64. The molecule has 0 saturated heterocycles. The van der Waals surface area contributed by atoms with Gasteiger partial charge in [0.05, 0.1) is 0 Å². The van der Waals surface area contributed by atoms with E-state index in [4.69, 9.17) is 18.0 Å². The van der Waals surface area contributed by atoms with Crippen LogP contribution >= 0.6 is 12.2 Å². The summed E-state index contributed by atoms with van der Waals surface area (Å²) in [4.78, 5) is 0. The van der Waals surface area contributed by atoms with Crippen LogP contribution in [0.3, 0.4) is 0 Å². The van der Waals surface area contributed by atoms with E-state index in [0.29, 0.717) is 5.11 Å². The summed E-state index contributed by atoms with van der Waals surface area (Å²) < 4.78 is 0. The van der Waals surface area contributed by atoms with Gasteiger partial charge in [0.1, 0.15) is 0 Å². The van der Waals surface area contributed by atoms with Gasteiger partial charge in [-0.15, -0.1) is 0 Å². The fourth-order valence-corrected chi connectivity index (χ4v) is 1.58. The summed E-state index contributed by atoms with van der Waals surface area (Å²) in [5, 5.41) is 3.48. The van der Waals surface area contributed by atoms with Crippen LogP contribution in [0.2, 0.25) is 0 Å². The van der Waals surface area contributed by atoms with E-state index in [1.165, 1.54) is 32.1 Å². The molecule has 0 aromatic carbocycles. The second kappa shape index (κ2) is 8.30. The van der Waals surface area contributed by atoms with E-state index in [0.717, 1.165) is 12.5 Å². The first-order chi connectivity index (χ1) is 6.20. The summed E-state index contributed by atoms with van der Waals surface area (Å²) in [6.45, 7) is 5.40. The largest absolute Gasteiger partial charge is 0.376 e. The number of nitrogens with two attached hydrogens (primary N) is 1. The SMILES string of the molecule is CCCCC(CCC)CNC(N)=S. The summed E-state index contributed by atoms with van der Waals surface area (Å²) in [7, 11) is 0. The summed E-state index contributed by atoms with van der Waals surface area (Å²) in [6, 6.07) is 0. The Morgan fingerprint density at radius 2 is 2.00 bits per heavy atom. The zero-order valence-corrected chi connectivity index (χ0v) is 9.62. The van der Waals surface area contributed by atoms with Crippen molar-refractivity contribution in [3.05, 3.63) is 0 Å². The lowest BCUT2D eigenvalue weighted by atomic mass is 9.97. The lowest BCUT2D eigenvalue weighted by Crippen LogP contribution is -2.33. The van der Waals surface area contributed by atoms with E-state index >= 15 is 0 Å². The predicted molar refractivity (Wildman–Crippen MR) is 62.7 cm³/mol. The third-order valence-electron chi connectivity index (χ3n) is 2.23. The number of unbranched alkanes of at least 4 members (excludes halogenated alkanes) is 1. The van der Waals surface area contributed by atoms with Gasteiger partial charge in [-0.05, 0) is 31.0 Å². The van der Waals surface area contributed by atoms with Gasteiger partial charge in [-0.2, -0.15) is 0 Å². The molecule has 0 saturated carbocycles. The maximum atomic E-state index is 5.39. The molecule has 3 N–H and O–H groups in total. The van der Waals surface area contributed by atoms with E-state index in [1.54, 1.807) is 0 Å². The van der Waals surface area contributed by atoms with Crippen molar-refractivity contribution in [2.75, 3.05) is 6.54 Å². The molecule has 0 bridgehead atoms. The Bertz CT molecular complexity index is 137. The zero-order chi connectivity index (χ0) is 10.1. The minimum Gasteiger partial charge on any atom is -0.376 e. The van der Waals surface area contributed by atoms with Crippen LogP contribution in [0, 0.1) is 5.92 Å². The molecule has 1 atom stereocenters. The Balaban J connectivity index is 3.59. The highest BCUT2D eigenvalue weighted by Gasteiger charge is 2.06. The van der Waals surface area contributed by atoms with Crippen LogP contribution in [0.15, 0.2) is 0 Å². The van der Waals surface area contributed by atoms with Crippen LogP contribution in [0.4, 0.5) is 0 Å². The van der Waals surface area contributed by atoms with E-state index in [2.05, 4.69) is 19.2 Å². The Labute approximate surface area is 87.3 Å². The van der Waals surface area contributed by atoms with Crippen LogP contribution in [-0.2, 0) is 0 Å². The van der Waals surface area contributed by atoms with Crippen LogP contribution in [0.5, 0.6) is 0 Å². The van der Waals surface area contributed by atoms with Crippen molar-refractivity contribution in [2.24, 2.45) is 11.7 Å². The van der Waals surface area contributed by atoms with Gasteiger partial charge in [-0.1, -0.05) is 33.1 Å². The highest BCUT2D eigenvalue weighted by Crippen LogP contribution is 2.13. The third kappa shape index (κ3) is 8.03. The number of rotatable bonds is 7. The van der Waals surface area contributed by atoms with E-state index in [1.807, 2.05) is 0 Å². The van der Waals surface area contributed by atoms with Gasteiger partial charge in [-0.25, -0.2) is 0 Å². The molecule has 0 amide bonds. The minimum atomic E-state index is 0.428. The van der Waals surface area contributed by atoms with Gasteiger partial charge >= 0.3 is 0 Å². The molecular weight excluding hydrogens is 180 g/mol. The molecule has 0 radical (unpaired) electrons. The minimum absolute atomic E-state index is 0.428. The van der Waals surface area contributed by atoms with E-state index in [9.17, 15) is 0 Å². The molecule has 0 aromatic heterocycles. The van der Waals surface area contributed by atoms with Crippen molar-refractivity contribution in [3.63, 3.8) is 0 Å². The normalized spacial score (nSPS) is 12.5. The number of nitrogens with one attached hydrogen (secondary N) is 1. The van der Waals surface area contributed by atoms with Gasteiger partial charge in [0.25, 0.3) is 0 Å². The van der Waals surface area contributed by atoms with Crippen molar-refractivity contribution in [3.8, 4) is 0 Å². The first-order valence-electron chi connectivity index (χ1n) is 5.24. The molecule has 0 rings (SSSR count). The molecule has 0 aliphatic carbocycles. The maximum absolute atomic E-state index is 5.39. The molecule has 3 heteroatoms. The lowest BCUT2D eigenvalue weighted by Gasteiger charge is -2.16. The summed E-state index contributed by atoms with van der Waals surface area (Å²) in [5.41, 5.74) is 5.39. The average molecular weight is 202 g/mol. The summed E-state index contributed by atoms with van der Waals surface area (Å²) >= 11 is 4.78. The van der Waals surface area contributed by atoms with Crippen molar-refractivity contribution in [1.82, 2.24) is 5.32 Å². The molecule has 78 valence electrons. The van der Waals surface area contributed by atoms with Gasteiger partial charge in [0.15, 0.2) is 5.11 Å². The number of hydrogen-bond donors (Lipinski definition) is 2. The van der Waals surface area contributed by atoms with Crippen LogP contribution < -0.4 is 11.1 Å². The molecule has 0 spiro atoms. The topological polar surface area (TPSA) is 38.0 Å². The van der Waals surface area contributed by atoms with Crippen molar-refractivity contribution in [2.45, 2.75) is 46.0 Å². The Kier molecular flexibility index (Phi) is 8.10. The van der Waals surface area contributed by atoms with E-state index in [-0.39, 0.29) is 0 Å². The molecular formula is C10H22N2S. The van der Waals surface area contributed by atoms with Crippen molar-refractivity contribution >= 4 is 17.3 Å². The van der Waals surface area contributed by atoms with Crippen LogP contribution in [-0.4, -0.2) is 11.7 Å². The highest BCUT2D eigenvalue weighted by molar-refractivity contribution is 7.80. The quantitative estimate of drug-likeness (QED) is 0.623. The molecule has 0 fully saturated rings. The molecule has 0 aromatic rings. The maximum Gasteiger partial charge on any atom is 0.163 e. The number of hydrogen-bond acceptors (Lipinski definition) is 1. The molecule has 2 nitrogen and oxygen atoms in total. The van der Waals surface area contributed by atoms with E-state index < -0.39 is 0 Å². The van der Waals surface area contributed by atoms with Crippen LogP contribution in [0.25, 0.3) is 0 Å². The Morgan fingerprint density at radius 3 is 2.46 bits per heavy atom. The standard InChI is InChI=1S/C10H22N2S/c1-3-5-7-9(6-4-2)8-12-10(11)13/h9H,3-8H2,1-2H3,(H3,11,12,13). The first kappa shape index (κ1) is 12.7. The lowest BCUT2D eigenvalue weighted by molar-refractivity contribution is 0.425. The van der Waals surface area contributed by atoms with Gasteiger partial charge in [0, 0.05) is 6.54 Å². The Hall–Kier alpha value is -0.310. The smallest absolute Gasteiger partial charge is 0.163 e. The zero-order valence-electron chi connectivity index (χ0n) is 8.81. The number of thiocarbonyl (C=S) groups is 1. The monoisotopic (exact) mass is 202 g/mol. The molecule has 0 heterocycles. The summed E-state index contributed by atoms with van der Waals surface area (Å²) in [5.74, 6) is 0.742. The van der Waals surface area contributed by atoms with Gasteiger partial charge < -0.3 is 11.1 Å². The molecule has 13 heavy (non-hydrogen) atoms. The molecule has 0 aliphatic heterocycles. The second-order valence-corrected chi connectivity index (χ2v) is 3.98. The van der Waals surface area contributed by atoms with Crippen LogP contribution in [0.1, 0.15) is 46.0 Å². The fraction of sp³-hybridized carbons (Fsp3) is 0.900. The third-order valence-corrected chi connectivity index (χ3v) is 2.37. The Morgan fingerprint density at radius 1 is 1.31 bits per heavy atom. The predicted octanol–water partition coefficient (Wildman–Crippen LogP) is 2.43. The molecule has 0 aliphatic rings. The summed E-state index contributed by atoms with van der Waals surface area (Å²) in [6.07, 6.45) is 6.39. The van der Waals surface area contributed by atoms with Crippen molar-refractivity contribution in [1.29, 1.82) is 0 Å². The van der Waals surface area contributed by atoms with Gasteiger partial charge in [-0.3, -0.25) is 0 Å². The second-order valence-electron chi connectivity index (χ2n) is 3.54. The van der Waals surface area contributed by atoms with Gasteiger partial charge in [0.2, 0.25) is 0 Å². The molecule has 1 unspecified atom stereocenters.